The van der Waals surface area contributed by atoms with Crippen molar-refractivity contribution < 1.29 is 19.5 Å². The zero-order valence-electron chi connectivity index (χ0n) is 11.9. The molecule has 2 heterocycles. The number of carbonyl (C=O) groups excluding carboxylic acids is 2. The third kappa shape index (κ3) is 2.12. The maximum absolute atomic E-state index is 12.0. The number of amides is 2. The molecule has 0 radical (unpaired) electrons. The van der Waals surface area contributed by atoms with Crippen molar-refractivity contribution in [3.63, 3.8) is 0 Å². The van der Waals surface area contributed by atoms with Gasteiger partial charge in [0.05, 0.1) is 11.8 Å². The van der Waals surface area contributed by atoms with E-state index in [0.29, 0.717) is 0 Å². The molecular formula is C16H16N2O4. The summed E-state index contributed by atoms with van der Waals surface area (Å²) < 4.78 is 0. The smallest absolute Gasteiger partial charge is 0.324 e. The lowest BCUT2D eigenvalue weighted by Gasteiger charge is -2.24. The van der Waals surface area contributed by atoms with Gasteiger partial charge in [-0.05, 0) is 12.5 Å². The van der Waals surface area contributed by atoms with Gasteiger partial charge in [0, 0.05) is 6.04 Å². The fraction of sp³-hybridized carbons (Fsp3) is 0.312. The molecule has 114 valence electrons. The number of carbonyl (C=O) groups is 3. The van der Waals surface area contributed by atoms with Crippen LogP contribution in [0.1, 0.15) is 12.5 Å². The van der Waals surface area contributed by atoms with Crippen LogP contribution in [0.4, 0.5) is 0 Å². The van der Waals surface area contributed by atoms with E-state index in [4.69, 9.17) is 0 Å². The van der Waals surface area contributed by atoms with Gasteiger partial charge < -0.3 is 5.11 Å². The minimum atomic E-state index is -1.45. The van der Waals surface area contributed by atoms with Gasteiger partial charge in [-0.25, -0.2) is 0 Å². The Balaban J connectivity index is 1.93. The van der Waals surface area contributed by atoms with Crippen molar-refractivity contribution in [3.05, 3.63) is 42.0 Å². The Morgan fingerprint density at radius 3 is 2.55 bits per heavy atom. The molecule has 1 aromatic rings. The van der Waals surface area contributed by atoms with Crippen molar-refractivity contribution in [2.24, 2.45) is 11.8 Å². The number of nitrogens with one attached hydrogen (secondary N) is 2. The Kier molecular flexibility index (Phi) is 3.33. The average molecular weight is 300 g/mol. The van der Waals surface area contributed by atoms with Gasteiger partial charge in [0.25, 0.3) is 0 Å². The molecule has 4 atom stereocenters. The predicted molar refractivity (Wildman–Crippen MR) is 78.6 cm³/mol. The molecule has 2 fully saturated rings. The molecule has 0 aliphatic carbocycles. The number of rotatable bonds is 3. The molecule has 22 heavy (non-hydrogen) atoms. The molecule has 3 rings (SSSR count). The molecule has 3 N–H and O–H groups in total. The molecule has 2 saturated heterocycles. The molecule has 2 aliphatic rings. The van der Waals surface area contributed by atoms with Crippen LogP contribution in [0.5, 0.6) is 0 Å². The second-order valence-corrected chi connectivity index (χ2v) is 5.80. The Hall–Kier alpha value is -2.47. The Bertz CT molecular complexity index is 670. The highest BCUT2D eigenvalue weighted by molar-refractivity contribution is 6.09. The van der Waals surface area contributed by atoms with E-state index in [9.17, 15) is 19.5 Å². The molecule has 6 heteroatoms. The third-order valence-corrected chi connectivity index (χ3v) is 4.41. The van der Waals surface area contributed by atoms with Crippen molar-refractivity contribution in [3.8, 4) is 0 Å². The first-order valence-corrected chi connectivity index (χ1v) is 7.02. The summed E-state index contributed by atoms with van der Waals surface area (Å²) in [6, 6.07) is 8.97. The summed E-state index contributed by atoms with van der Waals surface area (Å²) in [6.45, 7) is 1.45. The van der Waals surface area contributed by atoms with Crippen LogP contribution >= 0.6 is 0 Å². The number of fused-ring (bicyclic) bond motifs is 1. The van der Waals surface area contributed by atoms with Gasteiger partial charge in [-0.3, -0.25) is 25.0 Å². The van der Waals surface area contributed by atoms with Crippen LogP contribution in [0.15, 0.2) is 36.4 Å². The molecule has 1 aromatic carbocycles. The summed E-state index contributed by atoms with van der Waals surface area (Å²) in [5.41, 5.74) is -0.512. The molecular weight excluding hydrogens is 284 g/mol. The molecule has 6 nitrogen and oxygen atoms in total. The van der Waals surface area contributed by atoms with E-state index in [1.807, 2.05) is 36.4 Å². The molecule has 0 spiro atoms. The highest BCUT2D eigenvalue weighted by Crippen LogP contribution is 2.40. The normalized spacial score (nSPS) is 34.0. The fourth-order valence-electron chi connectivity index (χ4n) is 3.26. The summed E-state index contributed by atoms with van der Waals surface area (Å²) in [4.78, 5) is 35.5. The number of carboxylic acid groups (broad SMARTS) is 1. The summed E-state index contributed by atoms with van der Waals surface area (Å²) in [6.07, 6.45) is 3.57. The number of hydrogen-bond acceptors (Lipinski definition) is 4. The van der Waals surface area contributed by atoms with E-state index in [1.54, 1.807) is 6.08 Å². The van der Waals surface area contributed by atoms with Gasteiger partial charge in [0.1, 0.15) is 5.54 Å². The summed E-state index contributed by atoms with van der Waals surface area (Å²) in [5, 5.41) is 14.6. The zero-order valence-corrected chi connectivity index (χ0v) is 11.9. The van der Waals surface area contributed by atoms with Crippen LogP contribution in [0.25, 0.3) is 6.08 Å². The van der Waals surface area contributed by atoms with E-state index < -0.39 is 41.2 Å². The minimum absolute atomic E-state index is 0.421. The van der Waals surface area contributed by atoms with Gasteiger partial charge in [0.15, 0.2) is 0 Å². The molecule has 4 unspecified atom stereocenters. The lowest BCUT2D eigenvalue weighted by molar-refractivity contribution is -0.148. The van der Waals surface area contributed by atoms with Crippen LogP contribution in [0.2, 0.25) is 0 Å². The van der Waals surface area contributed by atoms with Gasteiger partial charge in [-0.1, -0.05) is 42.5 Å². The number of benzene rings is 1. The van der Waals surface area contributed by atoms with Gasteiger partial charge in [-0.2, -0.15) is 0 Å². The van der Waals surface area contributed by atoms with Crippen molar-refractivity contribution in [1.29, 1.82) is 0 Å². The molecule has 0 bridgehead atoms. The lowest BCUT2D eigenvalue weighted by Crippen LogP contribution is -2.53. The van der Waals surface area contributed by atoms with Gasteiger partial charge in [-0.15, -0.1) is 0 Å². The number of imide groups is 1. The minimum Gasteiger partial charge on any atom is -0.480 e. The Morgan fingerprint density at radius 1 is 1.23 bits per heavy atom. The number of hydrogen-bond donors (Lipinski definition) is 3. The highest BCUT2D eigenvalue weighted by Gasteiger charge is 2.63. The fourth-order valence-corrected chi connectivity index (χ4v) is 3.26. The second kappa shape index (κ2) is 5.06. The summed E-state index contributed by atoms with van der Waals surface area (Å²) in [7, 11) is 0. The van der Waals surface area contributed by atoms with E-state index in [1.165, 1.54) is 6.92 Å². The standard InChI is InChI=1S/C16H16N2O4/c1-16(15(21)22)12-11(13(19)17-14(12)20)10(18-16)8-7-9-5-3-2-4-6-9/h2-8,10-12,18H,1H3,(H,21,22)(H,17,19,20)/b8-7+. The largest absolute Gasteiger partial charge is 0.480 e. The predicted octanol–water partition coefficient (Wildman–Crippen LogP) is 0.404. The van der Waals surface area contributed by atoms with E-state index >= 15 is 0 Å². The Labute approximate surface area is 127 Å². The number of aliphatic carboxylic acids is 1. The summed E-state index contributed by atoms with van der Waals surface area (Å²) >= 11 is 0. The average Bonchev–Trinajstić information content (AvgIpc) is 2.96. The summed E-state index contributed by atoms with van der Waals surface area (Å²) in [5.74, 6) is -3.68. The van der Waals surface area contributed by atoms with E-state index in [2.05, 4.69) is 10.6 Å². The highest BCUT2D eigenvalue weighted by atomic mass is 16.4. The van der Waals surface area contributed by atoms with E-state index in [-0.39, 0.29) is 0 Å². The second-order valence-electron chi connectivity index (χ2n) is 5.80. The van der Waals surface area contributed by atoms with Gasteiger partial charge in [0.2, 0.25) is 11.8 Å². The van der Waals surface area contributed by atoms with Crippen molar-refractivity contribution >= 4 is 23.9 Å². The van der Waals surface area contributed by atoms with Gasteiger partial charge >= 0.3 is 5.97 Å². The Morgan fingerprint density at radius 2 is 1.91 bits per heavy atom. The monoisotopic (exact) mass is 300 g/mol. The number of carboxylic acids is 1. The molecule has 0 saturated carbocycles. The third-order valence-electron chi connectivity index (χ3n) is 4.41. The lowest BCUT2D eigenvalue weighted by atomic mass is 9.81. The van der Waals surface area contributed by atoms with Crippen LogP contribution in [-0.4, -0.2) is 34.5 Å². The van der Waals surface area contributed by atoms with Crippen LogP contribution in [-0.2, 0) is 14.4 Å². The molecule has 2 aliphatic heterocycles. The van der Waals surface area contributed by atoms with Crippen molar-refractivity contribution in [1.82, 2.24) is 10.6 Å². The molecule has 2 amide bonds. The SMILES string of the molecule is CC1(C(=O)O)NC(/C=C/c2ccccc2)C2C(=O)NC(=O)C21. The van der Waals surface area contributed by atoms with Crippen LogP contribution < -0.4 is 10.6 Å². The zero-order chi connectivity index (χ0) is 15.9. The quantitative estimate of drug-likeness (QED) is 0.703. The topological polar surface area (TPSA) is 95.5 Å². The van der Waals surface area contributed by atoms with Crippen LogP contribution in [0, 0.1) is 11.8 Å². The first-order chi connectivity index (χ1) is 10.4. The van der Waals surface area contributed by atoms with Crippen molar-refractivity contribution in [2.45, 2.75) is 18.5 Å². The first kappa shape index (κ1) is 14.5. The first-order valence-electron chi connectivity index (χ1n) is 7.02. The maximum Gasteiger partial charge on any atom is 0.324 e. The molecule has 0 aromatic heterocycles. The van der Waals surface area contributed by atoms with Crippen molar-refractivity contribution in [2.75, 3.05) is 0 Å². The van der Waals surface area contributed by atoms with Crippen LogP contribution in [0.3, 0.4) is 0 Å². The maximum atomic E-state index is 12.0. The van der Waals surface area contributed by atoms with E-state index in [0.717, 1.165) is 5.56 Å².